The first-order valence-electron chi connectivity index (χ1n) is 8.75. The number of carbonyl (C=O) groups is 1. The number of fused-ring (bicyclic) bond motifs is 1. The van der Waals surface area contributed by atoms with E-state index in [1.807, 2.05) is 38.1 Å². The van der Waals surface area contributed by atoms with Gasteiger partial charge in [-0.1, -0.05) is 35.1 Å². The number of rotatable bonds is 7. The maximum absolute atomic E-state index is 13.8. The number of carbonyl (C=O) groups excluding carboxylic acids is 1. The van der Waals surface area contributed by atoms with Crippen molar-refractivity contribution in [1.29, 1.82) is 0 Å². The lowest BCUT2D eigenvalue weighted by Gasteiger charge is -2.22. The molecule has 3 rings (SSSR count). The van der Waals surface area contributed by atoms with E-state index in [-0.39, 0.29) is 18.3 Å². The number of anilines is 1. The van der Waals surface area contributed by atoms with E-state index >= 15 is 0 Å². The van der Waals surface area contributed by atoms with Crippen LogP contribution in [-0.4, -0.2) is 49.6 Å². The SMILES string of the molecule is Cc1c(Cl)ccc2sc(N(CCN(C)C)C(=O)COc3ccccc3F)nc12. The van der Waals surface area contributed by atoms with E-state index in [2.05, 4.69) is 4.98 Å². The predicted molar refractivity (Wildman–Crippen MR) is 112 cm³/mol. The number of benzene rings is 2. The van der Waals surface area contributed by atoms with Gasteiger partial charge in [-0.2, -0.15) is 0 Å². The average molecular weight is 422 g/mol. The standard InChI is InChI=1S/C20H21ClFN3O2S/c1-13-14(21)8-9-17-19(13)23-20(28-17)25(11-10-24(2)3)18(26)12-27-16-7-5-4-6-15(16)22/h4-9H,10-12H2,1-3H3. The van der Waals surface area contributed by atoms with E-state index in [1.54, 1.807) is 17.0 Å². The van der Waals surface area contributed by atoms with Gasteiger partial charge >= 0.3 is 0 Å². The Morgan fingerprint density at radius 1 is 1.21 bits per heavy atom. The largest absolute Gasteiger partial charge is 0.481 e. The molecule has 0 aliphatic heterocycles. The number of para-hydroxylation sites is 1. The van der Waals surface area contributed by atoms with Crippen LogP contribution in [0.2, 0.25) is 5.02 Å². The minimum atomic E-state index is -0.500. The molecular formula is C20H21ClFN3O2S. The summed E-state index contributed by atoms with van der Waals surface area (Å²) in [4.78, 5) is 21.1. The number of aromatic nitrogens is 1. The van der Waals surface area contributed by atoms with Gasteiger partial charge in [0.25, 0.3) is 5.91 Å². The zero-order chi connectivity index (χ0) is 20.3. The molecule has 0 radical (unpaired) electrons. The third-order valence-corrected chi connectivity index (χ3v) is 5.68. The highest BCUT2D eigenvalue weighted by atomic mass is 35.5. The fraction of sp³-hybridized carbons (Fsp3) is 0.300. The zero-order valence-corrected chi connectivity index (χ0v) is 17.5. The third-order valence-electron chi connectivity index (χ3n) is 4.23. The number of ether oxygens (including phenoxy) is 1. The molecule has 0 atom stereocenters. The Hall–Kier alpha value is -2.22. The van der Waals surface area contributed by atoms with E-state index < -0.39 is 5.82 Å². The maximum Gasteiger partial charge on any atom is 0.266 e. The summed E-state index contributed by atoms with van der Waals surface area (Å²) in [5, 5.41) is 1.21. The summed E-state index contributed by atoms with van der Waals surface area (Å²) in [6.07, 6.45) is 0. The van der Waals surface area contributed by atoms with Crippen LogP contribution in [0.1, 0.15) is 5.56 Å². The second-order valence-corrected chi connectivity index (χ2v) is 8.00. The molecule has 28 heavy (non-hydrogen) atoms. The summed E-state index contributed by atoms with van der Waals surface area (Å²) in [5.41, 5.74) is 1.66. The van der Waals surface area contributed by atoms with Crippen LogP contribution in [0, 0.1) is 12.7 Å². The van der Waals surface area contributed by atoms with Crippen LogP contribution in [0.4, 0.5) is 9.52 Å². The van der Waals surface area contributed by atoms with Crippen molar-refractivity contribution in [2.45, 2.75) is 6.92 Å². The smallest absolute Gasteiger partial charge is 0.266 e. The van der Waals surface area contributed by atoms with Crippen molar-refractivity contribution in [2.24, 2.45) is 0 Å². The molecule has 0 bridgehead atoms. The van der Waals surface area contributed by atoms with Gasteiger partial charge in [0.05, 0.1) is 10.2 Å². The van der Waals surface area contributed by atoms with E-state index in [1.165, 1.54) is 23.5 Å². The number of thiazole rings is 1. The van der Waals surface area contributed by atoms with Gasteiger partial charge in [-0.25, -0.2) is 9.37 Å². The number of amides is 1. The summed E-state index contributed by atoms with van der Waals surface area (Å²) < 4.78 is 20.1. The topological polar surface area (TPSA) is 45.7 Å². The highest BCUT2D eigenvalue weighted by molar-refractivity contribution is 7.22. The molecule has 0 aliphatic carbocycles. The number of hydrogen-bond donors (Lipinski definition) is 0. The second kappa shape index (κ2) is 8.86. The monoisotopic (exact) mass is 421 g/mol. The molecule has 148 valence electrons. The van der Waals surface area contributed by atoms with Crippen molar-refractivity contribution in [2.75, 3.05) is 38.7 Å². The first kappa shape index (κ1) is 20.5. The third kappa shape index (κ3) is 4.60. The van der Waals surface area contributed by atoms with Gasteiger partial charge < -0.3 is 9.64 Å². The molecule has 1 heterocycles. The highest BCUT2D eigenvalue weighted by Gasteiger charge is 2.21. The molecule has 1 aromatic heterocycles. The second-order valence-electron chi connectivity index (χ2n) is 6.58. The van der Waals surface area contributed by atoms with Crippen LogP contribution in [0.25, 0.3) is 10.2 Å². The molecule has 3 aromatic rings. The van der Waals surface area contributed by atoms with Gasteiger partial charge in [0.1, 0.15) is 0 Å². The molecule has 0 spiro atoms. The van der Waals surface area contributed by atoms with Crippen molar-refractivity contribution >= 4 is 44.2 Å². The van der Waals surface area contributed by atoms with Crippen LogP contribution in [-0.2, 0) is 4.79 Å². The molecule has 0 fully saturated rings. The minimum absolute atomic E-state index is 0.0512. The Bertz CT molecular complexity index is 993. The normalized spacial score (nSPS) is 11.2. The first-order valence-corrected chi connectivity index (χ1v) is 9.94. The molecule has 0 saturated heterocycles. The molecule has 0 N–H and O–H groups in total. The van der Waals surface area contributed by atoms with Crippen LogP contribution in [0.15, 0.2) is 36.4 Å². The Morgan fingerprint density at radius 3 is 2.68 bits per heavy atom. The Balaban J connectivity index is 1.85. The molecule has 0 aliphatic rings. The van der Waals surface area contributed by atoms with Crippen LogP contribution in [0.5, 0.6) is 5.75 Å². The molecular weight excluding hydrogens is 401 g/mol. The van der Waals surface area contributed by atoms with Gasteiger partial charge in [0, 0.05) is 18.1 Å². The fourth-order valence-electron chi connectivity index (χ4n) is 2.61. The molecule has 0 unspecified atom stereocenters. The molecule has 5 nitrogen and oxygen atoms in total. The minimum Gasteiger partial charge on any atom is -0.481 e. The van der Waals surface area contributed by atoms with Gasteiger partial charge in [0.15, 0.2) is 23.3 Å². The number of hydrogen-bond acceptors (Lipinski definition) is 5. The lowest BCUT2D eigenvalue weighted by molar-refractivity contribution is -0.120. The molecule has 1 amide bonds. The Morgan fingerprint density at radius 2 is 1.96 bits per heavy atom. The maximum atomic E-state index is 13.8. The van der Waals surface area contributed by atoms with Crippen molar-refractivity contribution in [1.82, 2.24) is 9.88 Å². The van der Waals surface area contributed by atoms with Gasteiger partial charge in [-0.05, 0) is 50.8 Å². The highest BCUT2D eigenvalue weighted by Crippen LogP contribution is 2.33. The summed E-state index contributed by atoms with van der Waals surface area (Å²) in [6.45, 7) is 2.73. The Labute approximate surface area is 172 Å². The van der Waals surface area contributed by atoms with Crippen molar-refractivity contribution in [3.8, 4) is 5.75 Å². The van der Waals surface area contributed by atoms with Crippen molar-refractivity contribution in [3.05, 3.63) is 52.8 Å². The quantitative estimate of drug-likeness (QED) is 0.568. The Kier molecular flexibility index (Phi) is 6.49. The van der Waals surface area contributed by atoms with Gasteiger partial charge in [-0.15, -0.1) is 0 Å². The molecule has 0 saturated carbocycles. The number of likely N-dealkylation sites (N-methyl/N-ethyl adjacent to an activating group) is 1. The van der Waals surface area contributed by atoms with Crippen LogP contribution in [0.3, 0.4) is 0 Å². The first-order chi connectivity index (χ1) is 13.4. The van der Waals surface area contributed by atoms with Crippen molar-refractivity contribution in [3.63, 3.8) is 0 Å². The number of aryl methyl sites for hydroxylation is 1. The lowest BCUT2D eigenvalue weighted by atomic mass is 10.2. The summed E-state index contributed by atoms with van der Waals surface area (Å²) >= 11 is 7.62. The lowest BCUT2D eigenvalue weighted by Crippen LogP contribution is -2.39. The van der Waals surface area contributed by atoms with Crippen LogP contribution < -0.4 is 9.64 Å². The van der Waals surface area contributed by atoms with E-state index in [4.69, 9.17) is 16.3 Å². The fourth-order valence-corrected chi connectivity index (χ4v) is 3.83. The molecule has 8 heteroatoms. The summed E-state index contributed by atoms with van der Waals surface area (Å²) in [5.74, 6) is -0.733. The number of halogens is 2. The number of nitrogens with zero attached hydrogens (tertiary/aromatic N) is 3. The predicted octanol–water partition coefficient (Wildman–Crippen LogP) is 4.37. The van der Waals surface area contributed by atoms with E-state index in [0.29, 0.717) is 23.2 Å². The van der Waals surface area contributed by atoms with Gasteiger partial charge in [-0.3, -0.25) is 9.69 Å². The van der Waals surface area contributed by atoms with E-state index in [9.17, 15) is 9.18 Å². The van der Waals surface area contributed by atoms with Gasteiger partial charge in [0.2, 0.25) is 0 Å². The summed E-state index contributed by atoms with van der Waals surface area (Å²) in [6, 6.07) is 9.75. The van der Waals surface area contributed by atoms with E-state index in [0.717, 1.165) is 15.8 Å². The average Bonchev–Trinajstić information content (AvgIpc) is 3.09. The van der Waals surface area contributed by atoms with Crippen LogP contribution >= 0.6 is 22.9 Å². The zero-order valence-electron chi connectivity index (χ0n) is 15.9. The molecule has 2 aromatic carbocycles. The summed E-state index contributed by atoms with van der Waals surface area (Å²) in [7, 11) is 3.86. The van der Waals surface area contributed by atoms with Crippen molar-refractivity contribution < 1.29 is 13.9 Å².